The fraction of sp³-hybridized carbons (Fsp3) is 0.316. The van der Waals surface area contributed by atoms with Crippen LogP contribution in [0.2, 0.25) is 0 Å². The van der Waals surface area contributed by atoms with Crippen molar-refractivity contribution >= 4 is 24.0 Å². The molecule has 0 spiro atoms. The van der Waals surface area contributed by atoms with E-state index in [-0.39, 0.29) is 18.3 Å². The lowest BCUT2D eigenvalue weighted by Crippen LogP contribution is -2.21. The molecule has 0 aliphatic heterocycles. The first-order valence-corrected chi connectivity index (χ1v) is 8.26. The van der Waals surface area contributed by atoms with Gasteiger partial charge in [0.25, 0.3) is 0 Å². The summed E-state index contributed by atoms with van der Waals surface area (Å²) >= 11 is 0. The first-order chi connectivity index (χ1) is 12.3. The molecule has 0 heterocycles. The molecule has 0 radical (unpaired) electrons. The van der Waals surface area contributed by atoms with E-state index in [1.165, 1.54) is 12.1 Å². The van der Waals surface area contributed by atoms with Gasteiger partial charge in [-0.2, -0.15) is 13.2 Å². The van der Waals surface area contributed by atoms with Crippen molar-refractivity contribution in [1.82, 2.24) is 0 Å². The average molecular weight is 403 g/mol. The van der Waals surface area contributed by atoms with Crippen molar-refractivity contribution in [2.45, 2.75) is 25.4 Å². The largest absolute Gasteiger partial charge is 0.492 e. The average Bonchev–Trinajstić information content (AvgIpc) is 2.61. The quantitative estimate of drug-likeness (QED) is 0.711. The molecule has 0 saturated carbocycles. The molecule has 0 aromatic heterocycles. The number of nitrogens with two attached hydrogens (primary N) is 1. The second-order valence-electron chi connectivity index (χ2n) is 5.73. The third kappa shape index (κ3) is 6.45. The molecule has 1 unspecified atom stereocenters. The smallest absolute Gasteiger partial charge is 0.416 e. The van der Waals surface area contributed by atoms with E-state index in [9.17, 15) is 18.0 Å². The molecule has 1 amide bonds. The fourth-order valence-corrected chi connectivity index (χ4v) is 2.54. The SMILES string of the molecule is CCC(C(=O)Nc1ccc(OCCN)cc1)c1cccc(C(F)(F)F)c1.Cl. The zero-order valence-corrected chi connectivity index (χ0v) is 15.6. The Morgan fingerprint density at radius 1 is 1.19 bits per heavy atom. The summed E-state index contributed by atoms with van der Waals surface area (Å²) in [5.74, 6) is -0.411. The number of hydrogen-bond donors (Lipinski definition) is 2. The molecular formula is C19H22ClF3N2O2. The van der Waals surface area contributed by atoms with Gasteiger partial charge in [0.2, 0.25) is 5.91 Å². The number of halogens is 4. The van der Waals surface area contributed by atoms with E-state index < -0.39 is 17.7 Å². The third-order valence-electron chi connectivity index (χ3n) is 3.85. The van der Waals surface area contributed by atoms with Crippen LogP contribution in [0.1, 0.15) is 30.4 Å². The number of carbonyl (C=O) groups excluding carboxylic acids is 1. The van der Waals surface area contributed by atoms with Gasteiger partial charge in [-0.15, -0.1) is 12.4 Å². The Balaban J connectivity index is 0.00000364. The summed E-state index contributed by atoms with van der Waals surface area (Å²) in [6.07, 6.45) is -4.06. The third-order valence-corrected chi connectivity index (χ3v) is 3.85. The predicted octanol–water partition coefficient (Wildman–Crippen LogP) is 4.60. The van der Waals surface area contributed by atoms with Gasteiger partial charge in [0.15, 0.2) is 0 Å². The van der Waals surface area contributed by atoms with Crippen molar-refractivity contribution in [2.75, 3.05) is 18.5 Å². The lowest BCUT2D eigenvalue weighted by atomic mass is 9.94. The van der Waals surface area contributed by atoms with E-state index >= 15 is 0 Å². The lowest BCUT2D eigenvalue weighted by molar-refractivity contribution is -0.137. The van der Waals surface area contributed by atoms with Crippen LogP contribution < -0.4 is 15.8 Å². The summed E-state index contributed by atoms with van der Waals surface area (Å²) in [6, 6.07) is 11.6. The minimum Gasteiger partial charge on any atom is -0.492 e. The first-order valence-electron chi connectivity index (χ1n) is 8.26. The molecule has 0 fully saturated rings. The van der Waals surface area contributed by atoms with Gasteiger partial charge in [0.1, 0.15) is 12.4 Å². The van der Waals surface area contributed by atoms with Crippen molar-refractivity contribution in [1.29, 1.82) is 0 Å². The van der Waals surface area contributed by atoms with Crippen LogP contribution in [-0.4, -0.2) is 19.1 Å². The maximum absolute atomic E-state index is 12.9. The number of amides is 1. The van der Waals surface area contributed by atoms with Crippen LogP contribution in [0.25, 0.3) is 0 Å². The molecule has 2 rings (SSSR count). The summed E-state index contributed by atoms with van der Waals surface area (Å²) in [5, 5.41) is 2.73. The number of hydrogen-bond acceptors (Lipinski definition) is 3. The van der Waals surface area contributed by atoms with Gasteiger partial charge in [-0.1, -0.05) is 25.1 Å². The molecule has 27 heavy (non-hydrogen) atoms. The molecule has 148 valence electrons. The molecular weight excluding hydrogens is 381 g/mol. The minimum absolute atomic E-state index is 0. The Morgan fingerprint density at radius 3 is 2.41 bits per heavy atom. The van der Waals surface area contributed by atoms with E-state index in [2.05, 4.69) is 5.32 Å². The zero-order chi connectivity index (χ0) is 19.2. The van der Waals surface area contributed by atoms with Crippen molar-refractivity contribution in [2.24, 2.45) is 5.73 Å². The van der Waals surface area contributed by atoms with E-state index in [1.54, 1.807) is 31.2 Å². The second kappa shape index (κ2) is 10.2. The molecule has 4 nitrogen and oxygen atoms in total. The number of benzene rings is 2. The second-order valence-corrected chi connectivity index (χ2v) is 5.73. The molecule has 3 N–H and O–H groups in total. The van der Waals surface area contributed by atoms with Crippen LogP contribution in [0, 0.1) is 0 Å². The first kappa shape index (κ1) is 22.8. The number of nitrogens with one attached hydrogen (secondary N) is 1. The van der Waals surface area contributed by atoms with Crippen molar-refractivity contribution < 1.29 is 22.7 Å². The number of anilines is 1. The van der Waals surface area contributed by atoms with E-state index in [0.29, 0.717) is 36.6 Å². The Kier molecular flexibility index (Phi) is 8.59. The number of rotatable bonds is 7. The molecule has 0 bridgehead atoms. The van der Waals surface area contributed by atoms with Crippen molar-refractivity contribution in [3.05, 3.63) is 59.7 Å². The Morgan fingerprint density at radius 2 is 1.85 bits per heavy atom. The molecule has 0 aliphatic rings. The monoisotopic (exact) mass is 402 g/mol. The van der Waals surface area contributed by atoms with Gasteiger partial charge in [-0.05, 0) is 42.3 Å². The predicted molar refractivity (Wildman–Crippen MR) is 101 cm³/mol. The lowest BCUT2D eigenvalue weighted by Gasteiger charge is -2.17. The topological polar surface area (TPSA) is 64.3 Å². The Bertz CT molecular complexity index is 736. The standard InChI is InChI=1S/C19H21F3N2O2.ClH/c1-2-17(13-4-3-5-14(12-13)19(20,21)22)18(25)24-15-6-8-16(9-7-15)26-11-10-23;/h3-9,12,17H,2,10-11,23H2,1H3,(H,24,25);1H. The molecule has 0 saturated heterocycles. The van der Waals surface area contributed by atoms with Gasteiger partial charge in [0, 0.05) is 12.2 Å². The van der Waals surface area contributed by atoms with Crippen LogP contribution >= 0.6 is 12.4 Å². The molecule has 8 heteroatoms. The number of ether oxygens (including phenoxy) is 1. The highest BCUT2D eigenvalue weighted by Gasteiger charge is 2.31. The van der Waals surface area contributed by atoms with Gasteiger partial charge in [-0.3, -0.25) is 4.79 Å². The van der Waals surface area contributed by atoms with E-state index in [1.807, 2.05) is 0 Å². The normalized spacial score (nSPS) is 12.0. The van der Waals surface area contributed by atoms with E-state index in [4.69, 9.17) is 10.5 Å². The molecule has 2 aromatic rings. The van der Waals surface area contributed by atoms with Crippen LogP contribution in [0.4, 0.5) is 18.9 Å². The van der Waals surface area contributed by atoms with Crippen LogP contribution in [0.5, 0.6) is 5.75 Å². The Hall–Kier alpha value is -2.25. The van der Waals surface area contributed by atoms with Crippen molar-refractivity contribution in [3.8, 4) is 5.75 Å². The highest BCUT2D eigenvalue weighted by molar-refractivity contribution is 5.95. The molecule has 0 aliphatic carbocycles. The minimum atomic E-state index is -4.44. The summed E-state index contributed by atoms with van der Waals surface area (Å²) in [4.78, 5) is 12.5. The molecule has 2 aromatic carbocycles. The van der Waals surface area contributed by atoms with Gasteiger partial charge < -0.3 is 15.8 Å². The number of carbonyl (C=O) groups is 1. The maximum Gasteiger partial charge on any atom is 0.416 e. The van der Waals surface area contributed by atoms with E-state index in [0.717, 1.165) is 12.1 Å². The zero-order valence-electron chi connectivity index (χ0n) is 14.8. The highest BCUT2D eigenvalue weighted by Crippen LogP contribution is 2.32. The summed E-state index contributed by atoms with van der Waals surface area (Å²) in [6.45, 7) is 2.54. The summed E-state index contributed by atoms with van der Waals surface area (Å²) < 4.78 is 44.0. The van der Waals surface area contributed by atoms with Gasteiger partial charge >= 0.3 is 6.18 Å². The van der Waals surface area contributed by atoms with Crippen LogP contribution in [0.3, 0.4) is 0 Å². The maximum atomic E-state index is 12.9. The van der Waals surface area contributed by atoms with Crippen molar-refractivity contribution in [3.63, 3.8) is 0 Å². The Labute approximate surface area is 162 Å². The highest BCUT2D eigenvalue weighted by atomic mass is 35.5. The number of alkyl halides is 3. The van der Waals surface area contributed by atoms with Crippen LogP contribution in [-0.2, 0) is 11.0 Å². The summed E-state index contributed by atoms with van der Waals surface area (Å²) in [7, 11) is 0. The fourth-order valence-electron chi connectivity index (χ4n) is 2.54. The summed E-state index contributed by atoms with van der Waals surface area (Å²) in [5.41, 5.74) is 5.48. The molecule has 1 atom stereocenters. The van der Waals surface area contributed by atoms with Gasteiger partial charge in [0.05, 0.1) is 11.5 Å². The van der Waals surface area contributed by atoms with Crippen LogP contribution in [0.15, 0.2) is 48.5 Å². The van der Waals surface area contributed by atoms with Gasteiger partial charge in [-0.25, -0.2) is 0 Å².